The molecular weight excluding hydrogens is 376 g/mol. The molecule has 0 spiro atoms. The first-order chi connectivity index (χ1) is 12.4. The standard InChI is InChI=1S/C16H11ClN6O2S/c1-7-11(4-12(20-8(2)24)14(25)13(7)17)21-22-16-10-3-9(5-18)6-19-15(10)23-26-16/h3-4,6,25H,1-2H3,(H,20,24). The van der Waals surface area contributed by atoms with Crippen LogP contribution in [0.5, 0.6) is 5.75 Å². The summed E-state index contributed by atoms with van der Waals surface area (Å²) in [5, 5.41) is 31.0. The highest BCUT2D eigenvalue weighted by molar-refractivity contribution is 7.11. The Morgan fingerprint density at radius 1 is 1.42 bits per heavy atom. The van der Waals surface area contributed by atoms with Crippen LogP contribution < -0.4 is 5.32 Å². The molecule has 0 saturated carbocycles. The molecule has 0 aliphatic heterocycles. The van der Waals surface area contributed by atoms with Crippen molar-refractivity contribution in [1.29, 1.82) is 5.26 Å². The van der Waals surface area contributed by atoms with E-state index in [4.69, 9.17) is 16.9 Å². The van der Waals surface area contributed by atoms with Gasteiger partial charge in [-0.05, 0) is 36.2 Å². The summed E-state index contributed by atoms with van der Waals surface area (Å²) in [6, 6.07) is 5.13. The van der Waals surface area contributed by atoms with E-state index >= 15 is 0 Å². The van der Waals surface area contributed by atoms with Gasteiger partial charge in [-0.15, -0.1) is 10.2 Å². The molecule has 2 heterocycles. The molecule has 3 rings (SSSR count). The summed E-state index contributed by atoms with van der Waals surface area (Å²) in [5.41, 5.74) is 1.90. The molecule has 8 nitrogen and oxygen atoms in total. The van der Waals surface area contributed by atoms with Crippen molar-refractivity contribution >= 4 is 56.4 Å². The van der Waals surface area contributed by atoms with Gasteiger partial charge in [-0.1, -0.05) is 11.6 Å². The number of anilines is 1. The summed E-state index contributed by atoms with van der Waals surface area (Å²) in [6.45, 7) is 2.99. The highest BCUT2D eigenvalue weighted by atomic mass is 35.5. The Morgan fingerprint density at radius 3 is 2.88 bits per heavy atom. The molecule has 1 amide bonds. The minimum absolute atomic E-state index is 0.0767. The van der Waals surface area contributed by atoms with Crippen LogP contribution in [0.2, 0.25) is 5.02 Å². The van der Waals surface area contributed by atoms with Gasteiger partial charge in [0.25, 0.3) is 0 Å². The van der Waals surface area contributed by atoms with Crippen LogP contribution in [0.4, 0.5) is 16.4 Å². The van der Waals surface area contributed by atoms with Crippen molar-refractivity contribution in [2.24, 2.45) is 10.2 Å². The third kappa shape index (κ3) is 3.33. The topological polar surface area (TPSA) is 124 Å². The molecule has 0 unspecified atom stereocenters. The fraction of sp³-hybridized carbons (Fsp3) is 0.125. The lowest BCUT2D eigenvalue weighted by Crippen LogP contribution is -2.06. The van der Waals surface area contributed by atoms with Gasteiger partial charge in [0.1, 0.15) is 6.07 Å². The molecule has 3 aromatic rings. The molecule has 130 valence electrons. The van der Waals surface area contributed by atoms with Crippen LogP contribution in [0.15, 0.2) is 28.6 Å². The number of hydrogen-bond acceptors (Lipinski definition) is 8. The van der Waals surface area contributed by atoms with Crippen LogP contribution in [0.1, 0.15) is 18.1 Å². The van der Waals surface area contributed by atoms with E-state index in [2.05, 4.69) is 24.9 Å². The second kappa shape index (κ2) is 7.03. The highest BCUT2D eigenvalue weighted by Crippen LogP contribution is 2.41. The Bertz CT molecular complexity index is 1100. The average molecular weight is 387 g/mol. The van der Waals surface area contributed by atoms with Gasteiger partial charge in [0, 0.05) is 13.1 Å². The summed E-state index contributed by atoms with van der Waals surface area (Å²) in [5.74, 6) is -0.587. The van der Waals surface area contributed by atoms with Crippen molar-refractivity contribution in [1.82, 2.24) is 9.36 Å². The van der Waals surface area contributed by atoms with Gasteiger partial charge < -0.3 is 10.4 Å². The van der Waals surface area contributed by atoms with Crippen molar-refractivity contribution in [3.8, 4) is 11.8 Å². The van der Waals surface area contributed by atoms with Gasteiger partial charge in [-0.2, -0.15) is 9.64 Å². The molecule has 2 N–H and O–H groups in total. The lowest BCUT2D eigenvalue weighted by atomic mass is 10.1. The number of hydrogen-bond donors (Lipinski definition) is 2. The lowest BCUT2D eigenvalue weighted by Gasteiger charge is -2.10. The second-order valence-corrected chi connectivity index (χ2v) is 6.44. The number of pyridine rings is 1. The Hall–Kier alpha value is -3.09. The lowest BCUT2D eigenvalue weighted by molar-refractivity contribution is -0.114. The number of rotatable bonds is 3. The van der Waals surface area contributed by atoms with Crippen LogP contribution in [0.25, 0.3) is 11.0 Å². The Kier molecular flexibility index (Phi) is 4.79. The van der Waals surface area contributed by atoms with Crippen molar-refractivity contribution in [2.75, 3.05) is 5.32 Å². The molecule has 0 bridgehead atoms. The van der Waals surface area contributed by atoms with E-state index in [9.17, 15) is 9.90 Å². The number of carbonyl (C=O) groups excluding carboxylic acids is 1. The van der Waals surface area contributed by atoms with Gasteiger partial charge in [-0.3, -0.25) is 4.79 Å². The largest absolute Gasteiger partial charge is 0.504 e. The zero-order chi connectivity index (χ0) is 18.8. The quantitative estimate of drug-likeness (QED) is 0.502. The summed E-state index contributed by atoms with van der Waals surface area (Å²) < 4.78 is 4.16. The zero-order valence-corrected chi connectivity index (χ0v) is 15.2. The van der Waals surface area contributed by atoms with Gasteiger partial charge in [0.05, 0.1) is 27.3 Å². The predicted octanol–water partition coefficient (Wildman–Crippen LogP) is 4.60. The van der Waals surface area contributed by atoms with Crippen molar-refractivity contribution in [2.45, 2.75) is 13.8 Å². The molecule has 1 aromatic carbocycles. The smallest absolute Gasteiger partial charge is 0.221 e. The van der Waals surface area contributed by atoms with Crippen LogP contribution in [-0.4, -0.2) is 20.4 Å². The molecule has 0 aliphatic rings. The number of aromatic nitrogens is 2. The van der Waals surface area contributed by atoms with E-state index in [1.807, 2.05) is 6.07 Å². The number of phenolic OH excluding ortho intramolecular Hbond substituents is 1. The van der Waals surface area contributed by atoms with Gasteiger partial charge >= 0.3 is 0 Å². The second-order valence-electron chi connectivity index (χ2n) is 5.31. The summed E-state index contributed by atoms with van der Waals surface area (Å²) >= 11 is 7.20. The average Bonchev–Trinajstić information content (AvgIpc) is 3.03. The number of nitrogens with zero attached hydrogens (tertiary/aromatic N) is 5. The van der Waals surface area contributed by atoms with Crippen molar-refractivity contribution < 1.29 is 9.90 Å². The number of aromatic hydroxyl groups is 1. The fourth-order valence-electron chi connectivity index (χ4n) is 2.17. The highest BCUT2D eigenvalue weighted by Gasteiger charge is 2.15. The molecule has 0 saturated heterocycles. The van der Waals surface area contributed by atoms with Crippen molar-refractivity contribution in [3.63, 3.8) is 0 Å². The number of halogens is 1. The van der Waals surface area contributed by atoms with Crippen LogP contribution in [0, 0.1) is 18.3 Å². The van der Waals surface area contributed by atoms with E-state index in [0.717, 1.165) is 11.5 Å². The molecular formula is C16H11ClN6O2S. The summed E-state index contributed by atoms with van der Waals surface area (Å²) in [4.78, 5) is 15.4. The molecule has 26 heavy (non-hydrogen) atoms. The van der Waals surface area contributed by atoms with E-state index in [1.165, 1.54) is 19.2 Å². The third-order valence-electron chi connectivity index (χ3n) is 3.46. The normalized spacial score (nSPS) is 11.0. The SMILES string of the molecule is CC(=O)Nc1cc(N=Nc2snc3ncc(C#N)cc23)c(C)c(Cl)c1O. The first kappa shape index (κ1) is 17.7. The summed E-state index contributed by atoms with van der Waals surface area (Å²) in [7, 11) is 0. The Balaban J connectivity index is 2.05. The molecule has 0 atom stereocenters. The van der Waals surface area contributed by atoms with Gasteiger partial charge in [-0.25, -0.2) is 4.98 Å². The number of phenols is 1. The monoisotopic (exact) mass is 386 g/mol. The van der Waals surface area contributed by atoms with Crippen LogP contribution >= 0.6 is 23.1 Å². The van der Waals surface area contributed by atoms with E-state index in [1.54, 1.807) is 13.0 Å². The number of benzene rings is 1. The molecule has 10 heteroatoms. The first-order valence-corrected chi connectivity index (χ1v) is 8.42. The van der Waals surface area contributed by atoms with Gasteiger partial charge in [0.15, 0.2) is 16.4 Å². The fourth-order valence-corrected chi connectivity index (χ4v) is 3.01. The summed E-state index contributed by atoms with van der Waals surface area (Å²) in [6.07, 6.45) is 1.44. The maximum Gasteiger partial charge on any atom is 0.221 e. The molecule has 0 aliphatic carbocycles. The zero-order valence-electron chi connectivity index (χ0n) is 13.6. The number of carbonyl (C=O) groups is 1. The predicted molar refractivity (Wildman–Crippen MR) is 98.5 cm³/mol. The van der Waals surface area contributed by atoms with Gasteiger partial charge in [0.2, 0.25) is 5.91 Å². The molecule has 2 aromatic heterocycles. The maximum atomic E-state index is 11.3. The van der Waals surface area contributed by atoms with E-state index in [-0.39, 0.29) is 22.4 Å². The molecule has 0 radical (unpaired) electrons. The minimum atomic E-state index is -0.355. The Morgan fingerprint density at radius 2 is 2.19 bits per heavy atom. The number of nitrogens with one attached hydrogen (secondary N) is 1. The number of nitriles is 1. The number of azo groups is 1. The maximum absolute atomic E-state index is 11.3. The van der Waals surface area contributed by atoms with E-state index in [0.29, 0.717) is 32.8 Å². The molecule has 0 fully saturated rings. The van der Waals surface area contributed by atoms with Crippen LogP contribution in [0.3, 0.4) is 0 Å². The first-order valence-electron chi connectivity index (χ1n) is 7.27. The number of fused-ring (bicyclic) bond motifs is 1. The van der Waals surface area contributed by atoms with Crippen molar-refractivity contribution in [3.05, 3.63) is 34.5 Å². The van der Waals surface area contributed by atoms with Crippen LogP contribution in [-0.2, 0) is 4.79 Å². The number of amides is 1. The van der Waals surface area contributed by atoms with E-state index < -0.39 is 0 Å². The third-order valence-corrected chi connectivity index (χ3v) is 4.66. The minimum Gasteiger partial charge on any atom is -0.504 e. The Labute approximate surface area is 156 Å².